The highest BCUT2D eigenvalue weighted by Gasteiger charge is 2.26. The first-order chi connectivity index (χ1) is 15.4. The van der Waals surface area contributed by atoms with Gasteiger partial charge in [0.25, 0.3) is 10.0 Å². The fourth-order valence-electron chi connectivity index (χ4n) is 3.41. The Morgan fingerprint density at radius 1 is 0.906 bits per heavy atom. The summed E-state index contributed by atoms with van der Waals surface area (Å²) in [4.78, 5) is 13.1. The number of carbonyl (C=O) groups is 1. The Bertz CT molecular complexity index is 1340. The number of aryl methyl sites for hydroxylation is 1. The van der Waals surface area contributed by atoms with Crippen molar-refractivity contribution < 1.29 is 17.9 Å². The number of anilines is 1. The molecule has 0 saturated heterocycles. The lowest BCUT2D eigenvalue weighted by atomic mass is 9.92. The molecule has 0 radical (unpaired) electrons. The standard InChI is InChI=1S/C25H22N2O4S/c1-3-31-18-12-14-19(15-13-18)32(29,30)27-23-16-24(26-22-11-7-4-8-17(22)2)25(28)21-10-6-5-9-20(21)23/h4-16,26H,3H2,1-2H3/b27-23-. The van der Waals surface area contributed by atoms with Crippen molar-refractivity contribution in [3.8, 4) is 5.75 Å². The zero-order chi connectivity index (χ0) is 22.7. The van der Waals surface area contributed by atoms with Crippen molar-refractivity contribution in [1.29, 1.82) is 0 Å². The van der Waals surface area contributed by atoms with Gasteiger partial charge in [-0.05, 0) is 55.8 Å². The molecule has 0 heterocycles. The van der Waals surface area contributed by atoms with Crippen molar-refractivity contribution in [2.24, 2.45) is 4.40 Å². The van der Waals surface area contributed by atoms with Crippen LogP contribution < -0.4 is 10.1 Å². The number of ketones is 1. The van der Waals surface area contributed by atoms with Crippen molar-refractivity contribution in [3.05, 3.63) is 101 Å². The van der Waals surface area contributed by atoms with E-state index in [4.69, 9.17) is 4.74 Å². The first-order valence-corrected chi connectivity index (χ1v) is 11.6. The monoisotopic (exact) mass is 446 g/mol. The molecule has 0 fully saturated rings. The number of Topliss-reactive ketones (excluding diaryl/α,β-unsaturated/α-hetero) is 1. The lowest BCUT2D eigenvalue weighted by molar-refractivity contribution is 0.103. The second-order valence-electron chi connectivity index (χ2n) is 7.23. The van der Waals surface area contributed by atoms with Crippen molar-refractivity contribution >= 4 is 27.2 Å². The van der Waals surface area contributed by atoms with E-state index in [1.165, 1.54) is 18.2 Å². The Labute approximate surface area is 187 Å². The predicted octanol–water partition coefficient (Wildman–Crippen LogP) is 4.76. The molecule has 0 aromatic heterocycles. The molecule has 0 bridgehead atoms. The summed E-state index contributed by atoms with van der Waals surface area (Å²) in [6, 6.07) is 20.5. The quantitative estimate of drug-likeness (QED) is 0.590. The van der Waals surface area contributed by atoms with E-state index in [1.807, 2.05) is 38.1 Å². The SMILES string of the molecule is CCOc1ccc(S(=O)(=O)/N=C2/C=C(Nc3ccccc3C)C(=O)c3ccccc32)cc1. The molecule has 1 aliphatic rings. The number of ether oxygens (including phenoxy) is 1. The minimum atomic E-state index is -4.01. The molecule has 32 heavy (non-hydrogen) atoms. The maximum atomic E-state index is 13.1. The number of nitrogens with one attached hydrogen (secondary N) is 1. The van der Waals surface area contributed by atoms with Gasteiger partial charge in [0.15, 0.2) is 0 Å². The molecule has 4 rings (SSSR count). The summed E-state index contributed by atoms with van der Waals surface area (Å²) < 4.78 is 35.5. The molecule has 3 aromatic rings. The Morgan fingerprint density at radius 3 is 2.25 bits per heavy atom. The predicted molar refractivity (Wildman–Crippen MR) is 125 cm³/mol. The van der Waals surface area contributed by atoms with Gasteiger partial charge in [0.1, 0.15) is 5.75 Å². The van der Waals surface area contributed by atoms with Crippen LogP contribution in [0.5, 0.6) is 5.75 Å². The van der Waals surface area contributed by atoms with E-state index in [2.05, 4.69) is 9.71 Å². The van der Waals surface area contributed by atoms with Gasteiger partial charge in [-0.1, -0.05) is 42.5 Å². The Kier molecular flexibility index (Phi) is 5.92. The summed E-state index contributed by atoms with van der Waals surface area (Å²) in [5.41, 5.74) is 3.05. The fourth-order valence-corrected chi connectivity index (χ4v) is 4.41. The van der Waals surface area contributed by atoms with Gasteiger partial charge in [-0.3, -0.25) is 4.79 Å². The molecule has 0 amide bonds. The highest BCUT2D eigenvalue weighted by Crippen LogP contribution is 2.26. The molecule has 6 nitrogen and oxygen atoms in total. The van der Waals surface area contributed by atoms with Crippen LogP contribution in [0.3, 0.4) is 0 Å². The first kappa shape index (κ1) is 21.5. The molecule has 162 valence electrons. The lowest BCUT2D eigenvalue weighted by Crippen LogP contribution is -2.23. The summed E-state index contributed by atoms with van der Waals surface area (Å²) in [6.07, 6.45) is 1.49. The van der Waals surface area contributed by atoms with Crippen LogP contribution in [0.2, 0.25) is 0 Å². The van der Waals surface area contributed by atoms with Gasteiger partial charge in [-0.15, -0.1) is 0 Å². The number of rotatable bonds is 6. The van der Waals surface area contributed by atoms with E-state index in [0.717, 1.165) is 11.3 Å². The van der Waals surface area contributed by atoms with E-state index < -0.39 is 10.0 Å². The molecule has 0 spiro atoms. The van der Waals surface area contributed by atoms with Crippen molar-refractivity contribution in [3.63, 3.8) is 0 Å². The van der Waals surface area contributed by atoms with Crippen LogP contribution in [0.25, 0.3) is 0 Å². The number of hydrogen-bond acceptors (Lipinski definition) is 5. The number of benzene rings is 3. The zero-order valence-electron chi connectivity index (χ0n) is 17.7. The van der Waals surface area contributed by atoms with Gasteiger partial charge < -0.3 is 10.1 Å². The second kappa shape index (κ2) is 8.80. The van der Waals surface area contributed by atoms with Crippen LogP contribution in [0.15, 0.2) is 93.9 Å². The molecule has 7 heteroatoms. The summed E-state index contributed by atoms with van der Waals surface area (Å²) in [5.74, 6) is 0.360. The summed E-state index contributed by atoms with van der Waals surface area (Å²) >= 11 is 0. The number of fused-ring (bicyclic) bond motifs is 1. The highest BCUT2D eigenvalue weighted by molar-refractivity contribution is 7.90. The van der Waals surface area contributed by atoms with E-state index in [1.54, 1.807) is 36.4 Å². The lowest BCUT2D eigenvalue weighted by Gasteiger charge is -2.19. The molecule has 0 atom stereocenters. The van der Waals surface area contributed by atoms with Crippen molar-refractivity contribution in [2.75, 3.05) is 11.9 Å². The van der Waals surface area contributed by atoms with Crippen LogP contribution in [-0.4, -0.2) is 26.5 Å². The van der Waals surface area contributed by atoms with Gasteiger partial charge in [0, 0.05) is 16.8 Å². The minimum Gasteiger partial charge on any atom is -0.494 e. The van der Waals surface area contributed by atoms with Gasteiger partial charge in [-0.25, -0.2) is 0 Å². The summed E-state index contributed by atoms with van der Waals surface area (Å²) in [5, 5.41) is 3.14. The Morgan fingerprint density at radius 2 is 1.56 bits per heavy atom. The molecule has 1 N–H and O–H groups in total. The number of allylic oxidation sites excluding steroid dienone is 2. The average molecular weight is 447 g/mol. The molecular formula is C25H22N2O4S. The molecule has 0 unspecified atom stereocenters. The minimum absolute atomic E-state index is 0.0460. The summed E-state index contributed by atoms with van der Waals surface area (Å²) in [7, 11) is -4.01. The van der Waals surface area contributed by atoms with E-state index in [9.17, 15) is 13.2 Å². The largest absolute Gasteiger partial charge is 0.494 e. The third-order valence-corrected chi connectivity index (χ3v) is 6.34. The Balaban J connectivity index is 1.77. The van der Waals surface area contributed by atoms with Crippen LogP contribution in [0.4, 0.5) is 5.69 Å². The van der Waals surface area contributed by atoms with Crippen molar-refractivity contribution in [2.45, 2.75) is 18.7 Å². The van der Waals surface area contributed by atoms with Gasteiger partial charge in [0.05, 0.1) is 22.9 Å². The topological polar surface area (TPSA) is 84.8 Å². The first-order valence-electron chi connectivity index (χ1n) is 10.2. The summed E-state index contributed by atoms with van der Waals surface area (Å²) in [6.45, 7) is 4.27. The van der Waals surface area contributed by atoms with E-state index >= 15 is 0 Å². The number of carbonyl (C=O) groups excluding carboxylic acids is 1. The number of para-hydroxylation sites is 1. The molecule has 0 aliphatic heterocycles. The maximum absolute atomic E-state index is 13.1. The molecule has 1 aliphatic carbocycles. The van der Waals surface area contributed by atoms with Gasteiger partial charge >= 0.3 is 0 Å². The van der Waals surface area contributed by atoms with E-state index in [0.29, 0.717) is 23.5 Å². The van der Waals surface area contributed by atoms with Gasteiger partial charge in [-0.2, -0.15) is 12.8 Å². The van der Waals surface area contributed by atoms with Gasteiger partial charge in [0.2, 0.25) is 5.78 Å². The molecule has 3 aromatic carbocycles. The van der Waals surface area contributed by atoms with Crippen molar-refractivity contribution in [1.82, 2.24) is 0 Å². The fraction of sp³-hybridized carbons (Fsp3) is 0.120. The normalized spacial score (nSPS) is 14.6. The van der Waals surface area contributed by atoms with Crippen LogP contribution in [-0.2, 0) is 10.0 Å². The third-order valence-electron chi connectivity index (χ3n) is 5.04. The van der Waals surface area contributed by atoms with Crippen LogP contribution in [0, 0.1) is 6.92 Å². The highest BCUT2D eigenvalue weighted by atomic mass is 32.2. The zero-order valence-corrected chi connectivity index (χ0v) is 18.5. The van der Waals surface area contributed by atoms with E-state index in [-0.39, 0.29) is 22.1 Å². The third kappa shape index (κ3) is 4.33. The number of sulfonamides is 1. The Hall–Kier alpha value is -3.71. The number of hydrogen-bond donors (Lipinski definition) is 1. The van der Waals surface area contributed by atoms with Crippen LogP contribution >= 0.6 is 0 Å². The average Bonchev–Trinajstić information content (AvgIpc) is 2.79. The number of nitrogens with zero attached hydrogens (tertiary/aromatic N) is 1. The van der Waals surface area contributed by atoms with Crippen LogP contribution in [0.1, 0.15) is 28.4 Å². The molecule has 0 saturated carbocycles. The maximum Gasteiger partial charge on any atom is 0.282 e. The second-order valence-corrected chi connectivity index (χ2v) is 8.83. The smallest absolute Gasteiger partial charge is 0.282 e. The molecular weight excluding hydrogens is 424 g/mol.